The van der Waals surface area contributed by atoms with Crippen LogP contribution >= 0.6 is 0 Å². The predicted octanol–water partition coefficient (Wildman–Crippen LogP) is 9.11. The Bertz CT molecular complexity index is 933. The summed E-state index contributed by atoms with van der Waals surface area (Å²) in [5.74, 6) is 1.17. The minimum atomic E-state index is -0.889. The van der Waals surface area contributed by atoms with Gasteiger partial charge in [-0.3, -0.25) is 0 Å². The fraction of sp³-hybridized carbons (Fsp3) is 0.548. The molecule has 0 spiro atoms. The van der Waals surface area contributed by atoms with Crippen LogP contribution in [0.2, 0.25) is 0 Å². The molecule has 2 aromatic carbocycles. The summed E-state index contributed by atoms with van der Waals surface area (Å²) in [7, 11) is 0. The van der Waals surface area contributed by atoms with E-state index in [0.29, 0.717) is 18.1 Å². The highest BCUT2D eigenvalue weighted by Crippen LogP contribution is 2.44. The topological polar surface area (TPSA) is 9.23 Å². The van der Waals surface area contributed by atoms with Crippen molar-refractivity contribution in [2.45, 2.75) is 84.0 Å². The number of rotatable bonds is 8. The van der Waals surface area contributed by atoms with Crippen molar-refractivity contribution in [3.05, 3.63) is 70.8 Å². The average molecular weight is 467 g/mol. The molecule has 0 atom stereocenters. The Morgan fingerprint density at radius 3 is 2.06 bits per heavy atom. The van der Waals surface area contributed by atoms with Crippen LogP contribution in [0.25, 0.3) is 6.08 Å². The lowest BCUT2D eigenvalue weighted by Gasteiger charge is -2.37. The van der Waals surface area contributed by atoms with Gasteiger partial charge in [-0.05, 0) is 112 Å². The van der Waals surface area contributed by atoms with Crippen molar-refractivity contribution in [2.24, 2.45) is 17.8 Å². The van der Waals surface area contributed by atoms with Crippen molar-refractivity contribution in [1.29, 1.82) is 0 Å². The van der Waals surface area contributed by atoms with E-state index in [1.165, 1.54) is 68.6 Å². The molecule has 0 amide bonds. The van der Waals surface area contributed by atoms with E-state index in [9.17, 15) is 8.78 Å². The van der Waals surface area contributed by atoms with Gasteiger partial charge in [-0.25, -0.2) is 4.39 Å². The van der Waals surface area contributed by atoms with Crippen LogP contribution in [0.5, 0.6) is 5.75 Å². The number of hydrogen-bond donors (Lipinski definition) is 0. The second kappa shape index (κ2) is 12.0. The minimum absolute atomic E-state index is 0.0131. The third-order valence-corrected chi connectivity index (χ3v) is 8.17. The largest absolute Gasteiger partial charge is 0.491 e. The molecule has 0 heterocycles. The maximum absolute atomic E-state index is 14.3. The summed E-state index contributed by atoms with van der Waals surface area (Å²) in [4.78, 5) is 0. The van der Waals surface area contributed by atoms with Gasteiger partial charge in [0.1, 0.15) is 0 Å². The van der Waals surface area contributed by atoms with Crippen LogP contribution in [-0.4, -0.2) is 6.61 Å². The van der Waals surface area contributed by atoms with E-state index >= 15 is 0 Å². The Labute approximate surface area is 204 Å². The van der Waals surface area contributed by atoms with Crippen molar-refractivity contribution in [1.82, 2.24) is 0 Å². The average Bonchev–Trinajstić information content (AvgIpc) is 2.88. The Balaban J connectivity index is 1.24. The minimum Gasteiger partial charge on any atom is -0.491 e. The molecule has 0 unspecified atom stereocenters. The smallest absolute Gasteiger partial charge is 0.201 e. The van der Waals surface area contributed by atoms with Gasteiger partial charge in [0.25, 0.3) is 0 Å². The van der Waals surface area contributed by atoms with Crippen LogP contribution < -0.4 is 4.74 Å². The normalized spacial score (nSPS) is 25.5. The zero-order valence-electron chi connectivity index (χ0n) is 20.9. The highest BCUT2D eigenvalue weighted by molar-refractivity contribution is 5.52. The van der Waals surface area contributed by atoms with E-state index in [0.717, 1.165) is 30.6 Å². The molecule has 1 nitrogen and oxygen atoms in total. The Morgan fingerprint density at radius 2 is 1.44 bits per heavy atom. The number of ether oxygens (including phenoxy) is 1. The van der Waals surface area contributed by atoms with E-state index in [-0.39, 0.29) is 5.75 Å². The van der Waals surface area contributed by atoms with Gasteiger partial charge in [0.15, 0.2) is 11.6 Å². The van der Waals surface area contributed by atoms with Crippen LogP contribution in [0.4, 0.5) is 8.78 Å². The molecule has 2 fully saturated rings. The first-order valence-corrected chi connectivity index (χ1v) is 13.5. The van der Waals surface area contributed by atoms with Crippen molar-refractivity contribution in [3.63, 3.8) is 0 Å². The summed E-state index contributed by atoms with van der Waals surface area (Å²) in [6.07, 6.45) is 16.4. The van der Waals surface area contributed by atoms with Gasteiger partial charge in [-0.15, -0.1) is 0 Å². The van der Waals surface area contributed by atoms with Gasteiger partial charge in [-0.2, -0.15) is 4.39 Å². The van der Waals surface area contributed by atoms with Gasteiger partial charge in [0, 0.05) is 5.56 Å². The van der Waals surface area contributed by atoms with Gasteiger partial charge in [-0.1, -0.05) is 49.8 Å². The molecule has 3 heteroatoms. The molecule has 2 aliphatic carbocycles. The van der Waals surface area contributed by atoms with Gasteiger partial charge in [0.2, 0.25) is 5.82 Å². The molecular formula is C31H40F2O. The van der Waals surface area contributed by atoms with Crippen LogP contribution in [0, 0.1) is 29.4 Å². The lowest BCUT2D eigenvalue weighted by molar-refractivity contribution is 0.172. The number of allylic oxidation sites excluding steroid dienone is 1. The molecule has 2 aromatic rings. The van der Waals surface area contributed by atoms with Crippen LogP contribution in [0.15, 0.2) is 42.5 Å². The molecule has 4 rings (SSSR count). The summed E-state index contributed by atoms with van der Waals surface area (Å²) in [6.45, 7) is 4.32. The molecule has 184 valence electrons. The van der Waals surface area contributed by atoms with E-state index in [2.05, 4.69) is 37.3 Å². The molecule has 0 saturated heterocycles. The van der Waals surface area contributed by atoms with E-state index in [4.69, 9.17) is 4.74 Å². The van der Waals surface area contributed by atoms with Gasteiger partial charge >= 0.3 is 0 Å². The van der Waals surface area contributed by atoms with Crippen molar-refractivity contribution in [2.75, 3.05) is 6.61 Å². The molecule has 0 aliphatic heterocycles. The van der Waals surface area contributed by atoms with Crippen molar-refractivity contribution in [3.8, 4) is 5.75 Å². The standard InChI is InChI=1S/C31H40F2O/c1-3-5-22-6-11-24(12-7-22)26-16-18-27(19-17-26)25-13-8-23(9-14-25)10-15-28-20-21-29(34-4-2)31(33)30(28)32/h6-7,10-12,15,20-21,23,25-27H,3-5,8-9,13-14,16-19H2,1-2H3/b15-10+. The number of benzene rings is 2. The molecule has 0 aromatic heterocycles. The molecule has 2 saturated carbocycles. The molecule has 0 N–H and O–H groups in total. The second-order valence-electron chi connectivity index (χ2n) is 10.4. The van der Waals surface area contributed by atoms with E-state index < -0.39 is 11.6 Å². The van der Waals surface area contributed by atoms with E-state index in [1.807, 2.05) is 0 Å². The SMILES string of the molecule is CCCc1ccc(C2CCC(C3CCC(/C=C/c4ccc(OCC)c(F)c4F)CC3)CC2)cc1. The van der Waals surface area contributed by atoms with Crippen LogP contribution in [0.3, 0.4) is 0 Å². The Hall–Kier alpha value is -2.16. The molecule has 0 bridgehead atoms. The number of hydrogen-bond acceptors (Lipinski definition) is 1. The fourth-order valence-electron chi connectivity index (χ4n) is 6.16. The number of aryl methyl sites for hydroxylation is 1. The van der Waals surface area contributed by atoms with Crippen molar-refractivity contribution >= 4 is 6.08 Å². The first-order valence-electron chi connectivity index (χ1n) is 13.5. The molecular weight excluding hydrogens is 426 g/mol. The van der Waals surface area contributed by atoms with Crippen LogP contribution in [0.1, 0.15) is 94.2 Å². The predicted molar refractivity (Wildman–Crippen MR) is 137 cm³/mol. The van der Waals surface area contributed by atoms with Crippen molar-refractivity contribution < 1.29 is 13.5 Å². The lowest BCUT2D eigenvalue weighted by Crippen LogP contribution is -2.25. The first-order chi connectivity index (χ1) is 16.6. The zero-order valence-corrected chi connectivity index (χ0v) is 20.9. The Kier molecular flexibility index (Phi) is 8.80. The van der Waals surface area contributed by atoms with E-state index in [1.54, 1.807) is 19.1 Å². The summed E-state index contributed by atoms with van der Waals surface area (Å²) >= 11 is 0. The maximum Gasteiger partial charge on any atom is 0.201 e. The Morgan fingerprint density at radius 1 is 0.794 bits per heavy atom. The second-order valence-corrected chi connectivity index (χ2v) is 10.4. The molecule has 0 radical (unpaired) electrons. The third kappa shape index (κ3) is 6.09. The maximum atomic E-state index is 14.3. The third-order valence-electron chi connectivity index (χ3n) is 8.17. The summed E-state index contributed by atoms with van der Waals surface area (Å²) < 4.78 is 33.6. The van der Waals surface area contributed by atoms with Crippen LogP contribution in [-0.2, 0) is 6.42 Å². The summed E-state index contributed by atoms with van der Waals surface area (Å²) in [5, 5.41) is 0. The van der Waals surface area contributed by atoms with Gasteiger partial charge in [0.05, 0.1) is 6.61 Å². The fourth-order valence-corrected chi connectivity index (χ4v) is 6.16. The molecule has 2 aliphatic rings. The number of halogens is 2. The zero-order chi connectivity index (χ0) is 23.9. The van der Waals surface area contributed by atoms with Gasteiger partial charge < -0.3 is 4.74 Å². The summed E-state index contributed by atoms with van der Waals surface area (Å²) in [6, 6.07) is 12.5. The monoisotopic (exact) mass is 466 g/mol. The highest BCUT2D eigenvalue weighted by atomic mass is 19.2. The quantitative estimate of drug-likeness (QED) is 0.377. The highest BCUT2D eigenvalue weighted by Gasteiger charge is 2.30. The first kappa shape index (κ1) is 24.9. The molecule has 34 heavy (non-hydrogen) atoms. The lowest BCUT2D eigenvalue weighted by atomic mass is 9.68. The summed E-state index contributed by atoms with van der Waals surface area (Å²) in [5.41, 5.74) is 3.30.